The minimum absolute atomic E-state index is 0.315. The Bertz CT molecular complexity index is 400. The number of benzene rings is 1. The van der Waals surface area contributed by atoms with Crippen LogP contribution >= 0.6 is 27.5 Å². The molecule has 3 rings (SSSR count). The van der Waals surface area contributed by atoms with Gasteiger partial charge >= 0.3 is 0 Å². The maximum Gasteiger partial charge on any atom is 0.0379 e. The maximum absolute atomic E-state index is 6.56. The van der Waals surface area contributed by atoms with Crippen LogP contribution in [0.3, 0.4) is 0 Å². The molecule has 18 heavy (non-hydrogen) atoms. The summed E-state index contributed by atoms with van der Waals surface area (Å²) in [5, 5.41) is 0.315. The van der Waals surface area contributed by atoms with E-state index in [1.165, 1.54) is 37.7 Å². The summed E-state index contributed by atoms with van der Waals surface area (Å²) in [6, 6.07) is 8.58. The molecule has 0 heterocycles. The van der Waals surface area contributed by atoms with Crippen molar-refractivity contribution >= 4 is 27.5 Å². The molecule has 2 saturated carbocycles. The topological polar surface area (TPSA) is 0 Å². The Morgan fingerprint density at radius 2 is 1.94 bits per heavy atom. The molecule has 2 heteroatoms. The van der Waals surface area contributed by atoms with Crippen LogP contribution in [0.5, 0.6) is 0 Å². The average molecular weight is 328 g/mol. The summed E-state index contributed by atoms with van der Waals surface area (Å²) in [5.41, 5.74) is 1.36. The van der Waals surface area contributed by atoms with Crippen molar-refractivity contribution in [3.05, 3.63) is 34.3 Å². The van der Waals surface area contributed by atoms with Gasteiger partial charge in [0.1, 0.15) is 0 Å². The van der Waals surface area contributed by atoms with Crippen LogP contribution in [-0.2, 0) is 6.42 Å². The molecule has 2 fully saturated rings. The molecule has 1 aromatic rings. The lowest BCUT2D eigenvalue weighted by Gasteiger charge is -2.23. The van der Waals surface area contributed by atoms with Gasteiger partial charge in [0.2, 0.25) is 0 Å². The number of alkyl halides is 1. The van der Waals surface area contributed by atoms with Gasteiger partial charge in [-0.15, -0.1) is 11.6 Å². The van der Waals surface area contributed by atoms with E-state index in [0.29, 0.717) is 5.38 Å². The van der Waals surface area contributed by atoms with Gasteiger partial charge in [-0.2, -0.15) is 0 Å². The van der Waals surface area contributed by atoms with Crippen molar-refractivity contribution in [3.63, 3.8) is 0 Å². The predicted octanol–water partition coefficient (Wildman–Crippen LogP) is 5.43. The van der Waals surface area contributed by atoms with E-state index in [0.717, 1.165) is 28.6 Å². The largest absolute Gasteiger partial charge is 0.123 e. The summed E-state index contributed by atoms with van der Waals surface area (Å²) in [4.78, 5) is 0. The molecule has 0 aromatic heterocycles. The van der Waals surface area contributed by atoms with Gasteiger partial charge in [0.15, 0.2) is 0 Å². The Kier molecular flexibility index (Phi) is 4.00. The van der Waals surface area contributed by atoms with Gasteiger partial charge in [0.25, 0.3) is 0 Å². The van der Waals surface area contributed by atoms with Crippen LogP contribution in [0.2, 0.25) is 0 Å². The molecular weight excluding hydrogens is 308 g/mol. The standard InChI is InChI=1S/C16H20BrCl/c17-15-5-2-11(3-6-15)9-16(18)10-14-8-12-1-4-13(14)7-12/h2-3,5-6,12-14,16H,1,4,7-10H2. The van der Waals surface area contributed by atoms with E-state index in [1.54, 1.807) is 0 Å². The summed E-state index contributed by atoms with van der Waals surface area (Å²) < 4.78 is 1.14. The molecule has 98 valence electrons. The first-order chi connectivity index (χ1) is 8.70. The Morgan fingerprint density at radius 3 is 2.56 bits per heavy atom. The van der Waals surface area contributed by atoms with Crippen molar-refractivity contribution in [2.45, 2.75) is 43.9 Å². The molecule has 4 unspecified atom stereocenters. The fourth-order valence-corrected chi connectivity index (χ4v) is 4.62. The second-order valence-electron chi connectivity index (χ2n) is 6.10. The molecule has 0 amide bonds. The van der Waals surface area contributed by atoms with Gasteiger partial charge in [0.05, 0.1) is 0 Å². The minimum atomic E-state index is 0.315. The lowest BCUT2D eigenvalue weighted by atomic mass is 9.84. The molecule has 2 aliphatic rings. The Hall–Kier alpha value is -0.0100. The van der Waals surface area contributed by atoms with E-state index in [1.807, 2.05) is 0 Å². The van der Waals surface area contributed by atoms with Crippen LogP contribution in [-0.4, -0.2) is 5.38 Å². The highest BCUT2D eigenvalue weighted by Gasteiger charge is 2.39. The first-order valence-corrected chi connectivity index (χ1v) is 8.32. The monoisotopic (exact) mass is 326 g/mol. The molecule has 0 saturated heterocycles. The van der Waals surface area contributed by atoms with E-state index in [2.05, 4.69) is 40.2 Å². The van der Waals surface area contributed by atoms with E-state index in [9.17, 15) is 0 Å². The fraction of sp³-hybridized carbons (Fsp3) is 0.625. The first-order valence-electron chi connectivity index (χ1n) is 7.09. The molecule has 2 aliphatic carbocycles. The highest BCUT2D eigenvalue weighted by Crippen LogP contribution is 2.50. The van der Waals surface area contributed by atoms with Gasteiger partial charge < -0.3 is 0 Å². The number of hydrogen-bond donors (Lipinski definition) is 0. The summed E-state index contributed by atoms with van der Waals surface area (Å²) in [6.45, 7) is 0. The van der Waals surface area contributed by atoms with Crippen molar-refractivity contribution in [1.29, 1.82) is 0 Å². The second kappa shape index (κ2) is 5.54. The Morgan fingerprint density at radius 1 is 1.17 bits per heavy atom. The molecule has 0 nitrogen and oxygen atoms in total. The molecule has 2 bridgehead atoms. The molecular formula is C16H20BrCl. The van der Waals surface area contributed by atoms with Gasteiger partial charge in [-0.05, 0) is 67.6 Å². The van der Waals surface area contributed by atoms with Crippen LogP contribution in [0.25, 0.3) is 0 Å². The first kappa shape index (κ1) is 13.0. The zero-order chi connectivity index (χ0) is 12.5. The number of fused-ring (bicyclic) bond motifs is 2. The van der Waals surface area contributed by atoms with Crippen LogP contribution in [0.4, 0.5) is 0 Å². The van der Waals surface area contributed by atoms with Gasteiger partial charge in [-0.3, -0.25) is 0 Å². The molecule has 0 spiro atoms. The van der Waals surface area contributed by atoms with E-state index in [4.69, 9.17) is 11.6 Å². The average Bonchev–Trinajstić information content (AvgIpc) is 2.94. The molecule has 1 aromatic carbocycles. The SMILES string of the molecule is ClC(Cc1ccc(Br)cc1)CC1CC2CCC1C2. The third-order valence-corrected chi connectivity index (χ3v) is 5.67. The van der Waals surface area contributed by atoms with Crippen molar-refractivity contribution in [2.24, 2.45) is 17.8 Å². The molecule has 0 aliphatic heterocycles. The zero-order valence-corrected chi connectivity index (χ0v) is 13.0. The van der Waals surface area contributed by atoms with Crippen LogP contribution in [0.1, 0.15) is 37.7 Å². The fourth-order valence-electron chi connectivity index (χ4n) is 3.95. The van der Waals surface area contributed by atoms with Crippen LogP contribution in [0.15, 0.2) is 28.7 Å². The lowest BCUT2D eigenvalue weighted by molar-refractivity contribution is 0.310. The second-order valence-corrected chi connectivity index (χ2v) is 7.63. The lowest BCUT2D eigenvalue weighted by Crippen LogP contribution is -2.16. The zero-order valence-electron chi connectivity index (χ0n) is 10.6. The van der Waals surface area contributed by atoms with Crippen molar-refractivity contribution in [1.82, 2.24) is 0 Å². The third-order valence-electron chi connectivity index (χ3n) is 4.81. The van der Waals surface area contributed by atoms with Crippen LogP contribution in [0, 0.1) is 17.8 Å². The van der Waals surface area contributed by atoms with Gasteiger partial charge in [-0.25, -0.2) is 0 Å². The summed E-state index contributed by atoms with van der Waals surface area (Å²) in [5.74, 6) is 2.96. The quantitative estimate of drug-likeness (QED) is 0.647. The summed E-state index contributed by atoms with van der Waals surface area (Å²) in [7, 11) is 0. The Balaban J connectivity index is 1.52. The number of rotatable bonds is 4. The molecule has 0 N–H and O–H groups in total. The maximum atomic E-state index is 6.56. The smallest absolute Gasteiger partial charge is 0.0379 e. The molecule has 4 atom stereocenters. The van der Waals surface area contributed by atoms with Crippen molar-refractivity contribution in [3.8, 4) is 0 Å². The highest BCUT2D eigenvalue weighted by atomic mass is 79.9. The third kappa shape index (κ3) is 2.93. The molecule has 0 radical (unpaired) electrons. The van der Waals surface area contributed by atoms with E-state index < -0.39 is 0 Å². The van der Waals surface area contributed by atoms with E-state index in [-0.39, 0.29) is 0 Å². The minimum Gasteiger partial charge on any atom is -0.123 e. The Labute approximate surface area is 123 Å². The predicted molar refractivity (Wildman–Crippen MR) is 81.0 cm³/mol. The normalized spacial score (nSPS) is 31.8. The summed E-state index contributed by atoms with van der Waals surface area (Å²) in [6.07, 6.45) is 8.14. The van der Waals surface area contributed by atoms with E-state index >= 15 is 0 Å². The van der Waals surface area contributed by atoms with Gasteiger partial charge in [0, 0.05) is 9.85 Å². The number of hydrogen-bond acceptors (Lipinski definition) is 0. The van der Waals surface area contributed by atoms with Crippen molar-refractivity contribution in [2.75, 3.05) is 0 Å². The van der Waals surface area contributed by atoms with Crippen LogP contribution < -0.4 is 0 Å². The highest BCUT2D eigenvalue weighted by molar-refractivity contribution is 9.10. The van der Waals surface area contributed by atoms with Gasteiger partial charge in [-0.1, -0.05) is 34.5 Å². The van der Waals surface area contributed by atoms with Crippen molar-refractivity contribution < 1.29 is 0 Å². The summed E-state index contributed by atoms with van der Waals surface area (Å²) >= 11 is 10.0. The number of halogens is 2.